The highest BCUT2D eigenvalue weighted by Crippen LogP contribution is 2.44. The normalized spacial score (nSPS) is 13.0. The minimum Gasteiger partial charge on any atom is -0.464 e. The van der Waals surface area contributed by atoms with E-state index in [0.717, 1.165) is 12.8 Å². The highest BCUT2D eigenvalue weighted by atomic mass is 16.6. The van der Waals surface area contributed by atoms with Gasteiger partial charge in [0.25, 0.3) is 0 Å². The van der Waals surface area contributed by atoms with E-state index >= 15 is 0 Å². The van der Waals surface area contributed by atoms with Crippen molar-refractivity contribution in [1.29, 1.82) is 0 Å². The van der Waals surface area contributed by atoms with Crippen molar-refractivity contribution in [3.05, 3.63) is 59.7 Å². The molecule has 1 aliphatic rings. The van der Waals surface area contributed by atoms with E-state index in [1.54, 1.807) is 0 Å². The molecule has 0 unspecified atom stereocenters. The van der Waals surface area contributed by atoms with Gasteiger partial charge in [0, 0.05) is 5.92 Å². The Morgan fingerprint density at radius 2 is 1.11 bits per heavy atom. The Kier molecular flexibility index (Phi) is 17.0. The third-order valence-electron chi connectivity index (χ3n) is 8.87. The molecular weight excluding hydrogens is 546 g/mol. The van der Waals surface area contributed by atoms with Crippen molar-refractivity contribution < 1.29 is 19.1 Å². The van der Waals surface area contributed by atoms with Gasteiger partial charge in [-0.15, -0.1) is 0 Å². The van der Waals surface area contributed by atoms with Crippen LogP contribution < -0.4 is 5.32 Å². The number of carbonyl (C=O) groups excluding carboxylic acids is 2. The lowest BCUT2D eigenvalue weighted by Crippen LogP contribution is -2.43. The molecule has 44 heavy (non-hydrogen) atoms. The molecule has 1 N–H and O–H groups in total. The third kappa shape index (κ3) is 12.7. The zero-order chi connectivity index (χ0) is 31.4. The summed E-state index contributed by atoms with van der Waals surface area (Å²) in [5, 5.41) is 2.79. The number of benzene rings is 2. The number of rotatable bonds is 23. The number of hydrogen-bond acceptors (Lipinski definition) is 4. The molecule has 0 saturated carbocycles. The smallest absolute Gasteiger partial charge is 0.407 e. The van der Waals surface area contributed by atoms with E-state index in [1.165, 1.54) is 112 Å². The summed E-state index contributed by atoms with van der Waals surface area (Å²) in [5.74, 6) is -0.149. The molecule has 0 aromatic heterocycles. The van der Waals surface area contributed by atoms with Gasteiger partial charge in [0.15, 0.2) is 0 Å². The molecule has 5 heteroatoms. The number of hydrogen-bond donors (Lipinski definition) is 1. The lowest BCUT2D eigenvalue weighted by Gasteiger charge is -2.20. The predicted octanol–water partition coefficient (Wildman–Crippen LogP) is 10.7. The zero-order valence-corrected chi connectivity index (χ0v) is 27.9. The molecule has 2 aromatic carbocycles. The minimum atomic E-state index is -0.702. The van der Waals surface area contributed by atoms with Gasteiger partial charge in [0.1, 0.15) is 12.6 Å². The monoisotopic (exact) mass is 605 g/mol. The molecule has 5 nitrogen and oxygen atoms in total. The molecule has 0 bridgehead atoms. The van der Waals surface area contributed by atoms with E-state index in [4.69, 9.17) is 9.47 Å². The van der Waals surface area contributed by atoms with Crippen LogP contribution in [0.3, 0.4) is 0 Å². The third-order valence-corrected chi connectivity index (χ3v) is 8.87. The number of esters is 1. The Balaban J connectivity index is 1.25. The fourth-order valence-corrected chi connectivity index (χ4v) is 6.39. The fourth-order valence-electron chi connectivity index (χ4n) is 6.39. The van der Waals surface area contributed by atoms with Gasteiger partial charge in [0.2, 0.25) is 0 Å². The summed E-state index contributed by atoms with van der Waals surface area (Å²) in [5.41, 5.74) is 4.71. The molecule has 1 amide bonds. The maximum atomic E-state index is 12.9. The average Bonchev–Trinajstić information content (AvgIpc) is 3.34. The van der Waals surface area contributed by atoms with Gasteiger partial charge in [-0.1, -0.05) is 166 Å². The SMILES string of the molecule is CCCCCCCCCCCCCCCCCCOC(=O)[C@H](CC(C)C)NC(=O)OCC1c2ccccc2-c2ccccc21. The average molecular weight is 606 g/mol. The molecule has 3 rings (SSSR count). The first-order chi connectivity index (χ1) is 21.5. The number of unbranched alkanes of at least 4 members (excludes halogenated alkanes) is 15. The van der Waals surface area contributed by atoms with Crippen LogP contribution in [0.5, 0.6) is 0 Å². The van der Waals surface area contributed by atoms with Crippen LogP contribution >= 0.6 is 0 Å². The number of carbonyl (C=O) groups is 2. The topological polar surface area (TPSA) is 64.6 Å². The van der Waals surface area contributed by atoms with Crippen molar-refractivity contribution in [1.82, 2.24) is 5.32 Å². The number of amides is 1. The molecule has 1 aliphatic carbocycles. The maximum Gasteiger partial charge on any atom is 0.407 e. The van der Waals surface area contributed by atoms with E-state index < -0.39 is 12.1 Å². The van der Waals surface area contributed by atoms with Gasteiger partial charge in [-0.2, -0.15) is 0 Å². The van der Waals surface area contributed by atoms with Crippen LogP contribution in [0.2, 0.25) is 0 Å². The van der Waals surface area contributed by atoms with Crippen LogP contribution in [0, 0.1) is 5.92 Å². The van der Waals surface area contributed by atoms with Crippen LogP contribution in [-0.2, 0) is 14.3 Å². The first kappa shape index (κ1) is 35.7. The highest BCUT2D eigenvalue weighted by Gasteiger charge is 2.30. The Morgan fingerprint density at radius 3 is 1.59 bits per heavy atom. The largest absolute Gasteiger partial charge is 0.464 e. The van der Waals surface area contributed by atoms with Gasteiger partial charge < -0.3 is 14.8 Å². The van der Waals surface area contributed by atoms with Gasteiger partial charge in [0.05, 0.1) is 6.61 Å². The van der Waals surface area contributed by atoms with Crippen molar-refractivity contribution in [3.8, 4) is 11.1 Å². The van der Waals surface area contributed by atoms with Crippen LogP contribution in [0.25, 0.3) is 11.1 Å². The van der Waals surface area contributed by atoms with Gasteiger partial charge in [-0.25, -0.2) is 9.59 Å². The van der Waals surface area contributed by atoms with Crippen LogP contribution in [0.1, 0.15) is 147 Å². The molecule has 244 valence electrons. The van der Waals surface area contributed by atoms with Gasteiger partial charge in [-0.05, 0) is 41.0 Å². The van der Waals surface area contributed by atoms with Gasteiger partial charge in [-0.3, -0.25) is 0 Å². The standard InChI is InChI=1S/C39H59NO4/c1-4-5-6-7-8-9-10-11-12-13-14-15-16-17-18-23-28-43-38(41)37(29-31(2)3)40-39(42)44-30-36-34-26-21-19-24-32(34)33-25-20-22-27-35(33)36/h19-22,24-27,31,36-37H,4-18,23,28-30H2,1-3H3,(H,40,42)/t37-/m0/s1. The lowest BCUT2D eigenvalue weighted by molar-refractivity contribution is -0.146. The lowest BCUT2D eigenvalue weighted by atomic mass is 9.98. The number of nitrogens with one attached hydrogen (secondary N) is 1. The molecule has 0 saturated heterocycles. The van der Waals surface area contributed by atoms with E-state index in [-0.39, 0.29) is 24.4 Å². The van der Waals surface area contributed by atoms with Crippen LogP contribution in [0.4, 0.5) is 4.79 Å². The zero-order valence-electron chi connectivity index (χ0n) is 27.9. The van der Waals surface area contributed by atoms with E-state index in [9.17, 15) is 9.59 Å². The Morgan fingerprint density at radius 1 is 0.659 bits per heavy atom. The first-order valence-corrected chi connectivity index (χ1v) is 17.8. The van der Waals surface area contributed by atoms with Crippen LogP contribution in [-0.4, -0.2) is 31.3 Å². The fraction of sp³-hybridized carbons (Fsp3) is 0.641. The second-order valence-corrected chi connectivity index (χ2v) is 13.1. The molecule has 0 fully saturated rings. The second kappa shape index (κ2) is 21.0. The Bertz CT molecular complexity index is 1050. The molecule has 2 aromatic rings. The van der Waals surface area contributed by atoms with E-state index in [0.29, 0.717) is 13.0 Å². The summed E-state index contributed by atoms with van der Waals surface area (Å²) in [6.45, 7) is 6.98. The van der Waals surface area contributed by atoms with Crippen LogP contribution in [0.15, 0.2) is 48.5 Å². The predicted molar refractivity (Wildman–Crippen MR) is 182 cm³/mol. The molecular formula is C39H59NO4. The first-order valence-electron chi connectivity index (χ1n) is 17.8. The van der Waals surface area contributed by atoms with Crippen molar-refractivity contribution in [2.24, 2.45) is 5.92 Å². The van der Waals surface area contributed by atoms with Gasteiger partial charge >= 0.3 is 12.1 Å². The second-order valence-electron chi connectivity index (χ2n) is 13.1. The van der Waals surface area contributed by atoms with Crippen molar-refractivity contribution in [3.63, 3.8) is 0 Å². The molecule has 0 heterocycles. The van der Waals surface area contributed by atoms with E-state index in [2.05, 4.69) is 36.5 Å². The number of ether oxygens (including phenoxy) is 2. The summed E-state index contributed by atoms with van der Waals surface area (Å²) in [6, 6.07) is 15.8. The minimum absolute atomic E-state index is 0.0152. The molecule has 1 atom stereocenters. The highest BCUT2D eigenvalue weighted by molar-refractivity contribution is 5.82. The summed E-state index contributed by atoms with van der Waals surface area (Å²) in [6.07, 6.45) is 20.9. The number of fused-ring (bicyclic) bond motifs is 3. The summed E-state index contributed by atoms with van der Waals surface area (Å²) in [7, 11) is 0. The molecule has 0 aliphatic heterocycles. The summed E-state index contributed by atoms with van der Waals surface area (Å²) in [4.78, 5) is 25.7. The molecule has 0 radical (unpaired) electrons. The quantitative estimate of drug-likeness (QED) is 0.101. The maximum absolute atomic E-state index is 12.9. The van der Waals surface area contributed by atoms with Crippen molar-refractivity contribution in [2.45, 2.75) is 142 Å². The van der Waals surface area contributed by atoms with Crippen molar-refractivity contribution >= 4 is 12.1 Å². The summed E-state index contributed by atoms with van der Waals surface area (Å²) < 4.78 is 11.3. The Hall–Kier alpha value is -2.82. The van der Waals surface area contributed by atoms with E-state index in [1.807, 2.05) is 38.1 Å². The number of alkyl carbamates (subject to hydrolysis) is 1. The van der Waals surface area contributed by atoms with Crippen molar-refractivity contribution in [2.75, 3.05) is 13.2 Å². The Labute approximate surface area is 267 Å². The molecule has 0 spiro atoms. The summed E-state index contributed by atoms with van der Waals surface area (Å²) >= 11 is 0.